The van der Waals surface area contributed by atoms with Crippen LogP contribution in [0.15, 0.2) is 29.2 Å². The zero-order chi connectivity index (χ0) is 17.6. The highest BCUT2D eigenvalue weighted by Crippen LogP contribution is 2.31. The molecule has 4 nitrogen and oxygen atoms in total. The van der Waals surface area contributed by atoms with Crippen LogP contribution in [0.1, 0.15) is 12.6 Å². The minimum Gasteiger partial charge on any atom is -0.396 e. The monoisotopic (exact) mass is 369 g/mol. The van der Waals surface area contributed by atoms with Crippen LogP contribution in [0.25, 0.3) is 16.6 Å². The minimum atomic E-state index is -1.22. The number of halogens is 4. The average molecular weight is 370 g/mol. The first-order valence-corrected chi connectivity index (χ1v) is 7.74. The van der Waals surface area contributed by atoms with Gasteiger partial charge in [-0.3, -0.25) is 4.79 Å². The summed E-state index contributed by atoms with van der Waals surface area (Å²) in [6.07, 6.45) is 1.86. The van der Waals surface area contributed by atoms with Crippen LogP contribution in [0.2, 0.25) is 10.2 Å². The number of fused-ring (bicyclic) bond motifs is 1. The molecule has 0 atom stereocenters. The summed E-state index contributed by atoms with van der Waals surface area (Å²) >= 11 is 11.8. The van der Waals surface area contributed by atoms with Gasteiger partial charge in [0.15, 0.2) is 22.2 Å². The summed E-state index contributed by atoms with van der Waals surface area (Å²) < 4.78 is 29.2. The van der Waals surface area contributed by atoms with Gasteiger partial charge in [-0.1, -0.05) is 30.1 Å². The summed E-state index contributed by atoms with van der Waals surface area (Å²) in [7, 11) is 0. The number of pyridine rings is 2. The molecule has 0 radical (unpaired) electrons. The molecule has 2 heterocycles. The molecule has 3 aromatic rings. The molecular weight excluding hydrogens is 359 g/mol. The summed E-state index contributed by atoms with van der Waals surface area (Å²) in [5.41, 5.74) is 6.58. The van der Waals surface area contributed by atoms with Gasteiger partial charge in [0.05, 0.1) is 28.5 Å². The van der Waals surface area contributed by atoms with Crippen LogP contribution in [0.4, 0.5) is 14.5 Å². The van der Waals surface area contributed by atoms with Crippen LogP contribution in [0, 0.1) is 11.6 Å². The number of benzene rings is 1. The highest BCUT2D eigenvalue weighted by atomic mass is 35.5. The van der Waals surface area contributed by atoms with E-state index < -0.39 is 22.1 Å². The van der Waals surface area contributed by atoms with E-state index in [1.807, 2.05) is 6.92 Å². The van der Waals surface area contributed by atoms with Gasteiger partial charge in [0.25, 0.3) is 0 Å². The number of rotatable bonds is 2. The first kappa shape index (κ1) is 16.7. The second kappa shape index (κ2) is 6.03. The van der Waals surface area contributed by atoms with Crippen molar-refractivity contribution >= 4 is 39.8 Å². The zero-order valence-corrected chi connectivity index (χ0v) is 13.9. The summed E-state index contributed by atoms with van der Waals surface area (Å²) in [5, 5.41) is -0.402. The van der Waals surface area contributed by atoms with Gasteiger partial charge in [-0.2, -0.15) is 0 Å². The Morgan fingerprint density at radius 3 is 2.58 bits per heavy atom. The summed E-state index contributed by atoms with van der Waals surface area (Å²) in [4.78, 5) is 16.2. The van der Waals surface area contributed by atoms with Crippen LogP contribution >= 0.6 is 23.2 Å². The standard InChI is InChI=1S/C16H11Cl2F2N3O/c1-2-7-4-12(24)9-5-10(19)14(20)13(17)15(9)23(7)8-3-11(21)16(18)22-6-8/h3-6H,2,21H2,1H3. The Bertz CT molecular complexity index is 1030. The molecule has 0 saturated heterocycles. The lowest BCUT2D eigenvalue weighted by atomic mass is 10.1. The van der Waals surface area contributed by atoms with Crippen molar-refractivity contribution in [3.8, 4) is 5.69 Å². The summed E-state index contributed by atoms with van der Waals surface area (Å²) in [5.74, 6) is -2.41. The van der Waals surface area contributed by atoms with Gasteiger partial charge in [0, 0.05) is 11.8 Å². The fourth-order valence-electron chi connectivity index (χ4n) is 2.56. The molecule has 0 aliphatic carbocycles. The van der Waals surface area contributed by atoms with Crippen molar-refractivity contribution in [2.24, 2.45) is 0 Å². The average Bonchev–Trinajstić information content (AvgIpc) is 2.56. The SMILES string of the molecule is CCc1cc(=O)c2cc(F)c(F)c(Cl)c2n1-c1cnc(Cl)c(N)c1. The van der Waals surface area contributed by atoms with Gasteiger partial charge < -0.3 is 10.3 Å². The van der Waals surface area contributed by atoms with Gasteiger partial charge in [0.2, 0.25) is 0 Å². The van der Waals surface area contributed by atoms with E-state index >= 15 is 0 Å². The number of hydrogen-bond donors (Lipinski definition) is 1. The molecule has 124 valence electrons. The summed E-state index contributed by atoms with van der Waals surface area (Å²) in [6, 6.07) is 3.71. The zero-order valence-electron chi connectivity index (χ0n) is 12.4. The predicted molar refractivity (Wildman–Crippen MR) is 91.1 cm³/mol. The Morgan fingerprint density at radius 1 is 1.25 bits per heavy atom. The van der Waals surface area contributed by atoms with Crippen LogP contribution in [0.5, 0.6) is 0 Å². The normalized spacial score (nSPS) is 11.2. The lowest BCUT2D eigenvalue weighted by molar-refractivity contribution is 0.510. The number of hydrogen-bond acceptors (Lipinski definition) is 3. The molecule has 0 bridgehead atoms. The quantitative estimate of drug-likeness (QED) is 0.546. The van der Waals surface area contributed by atoms with Crippen molar-refractivity contribution in [1.82, 2.24) is 9.55 Å². The molecule has 2 aromatic heterocycles. The second-order valence-corrected chi connectivity index (χ2v) is 5.88. The number of anilines is 1. The molecule has 0 unspecified atom stereocenters. The maximum Gasteiger partial charge on any atom is 0.189 e. The third-order valence-corrected chi connectivity index (χ3v) is 4.34. The van der Waals surface area contributed by atoms with E-state index in [9.17, 15) is 13.6 Å². The largest absolute Gasteiger partial charge is 0.396 e. The smallest absolute Gasteiger partial charge is 0.189 e. The van der Waals surface area contributed by atoms with E-state index in [4.69, 9.17) is 28.9 Å². The van der Waals surface area contributed by atoms with E-state index in [2.05, 4.69) is 4.98 Å². The first-order valence-electron chi connectivity index (χ1n) is 6.98. The second-order valence-electron chi connectivity index (χ2n) is 5.14. The molecule has 2 N–H and O–H groups in total. The van der Waals surface area contributed by atoms with Gasteiger partial charge in [0.1, 0.15) is 5.02 Å². The number of nitrogens with zero attached hydrogens (tertiary/aromatic N) is 2. The highest BCUT2D eigenvalue weighted by molar-refractivity contribution is 6.35. The Morgan fingerprint density at radius 2 is 1.96 bits per heavy atom. The molecule has 1 aromatic carbocycles. The molecular formula is C16H11Cl2F2N3O. The molecule has 24 heavy (non-hydrogen) atoms. The Labute approximate surface area is 145 Å². The molecule has 8 heteroatoms. The van der Waals surface area contributed by atoms with E-state index in [-0.39, 0.29) is 21.7 Å². The van der Waals surface area contributed by atoms with Crippen molar-refractivity contribution in [2.45, 2.75) is 13.3 Å². The van der Waals surface area contributed by atoms with Crippen LogP contribution < -0.4 is 11.2 Å². The fourth-order valence-corrected chi connectivity index (χ4v) is 2.94. The molecule has 0 aliphatic rings. The summed E-state index contributed by atoms with van der Waals surface area (Å²) in [6.45, 7) is 1.82. The Balaban J connectivity index is 2.54. The topological polar surface area (TPSA) is 60.9 Å². The van der Waals surface area contributed by atoms with Gasteiger partial charge in [-0.15, -0.1) is 0 Å². The number of aromatic nitrogens is 2. The lowest BCUT2D eigenvalue weighted by Gasteiger charge is -2.18. The molecule has 0 saturated carbocycles. The number of aryl methyl sites for hydroxylation is 1. The molecule has 0 fully saturated rings. The van der Waals surface area contributed by atoms with E-state index in [0.717, 1.165) is 6.07 Å². The third kappa shape index (κ3) is 2.52. The van der Waals surface area contributed by atoms with E-state index in [0.29, 0.717) is 17.8 Å². The molecule has 0 spiro atoms. The maximum atomic E-state index is 14.0. The lowest BCUT2D eigenvalue weighted by Crippen LogP contribution is -2.14. The van der Waals surface area contributed by atoms with Crippen molar-refractivity contribution in [3.63, 3.8) is 0 Å². The number of nitrogen functional groups attached to an aromatic ring is 1. The first-order chi connectivity index (χ1) is 11.3. The van der Waals surface area contributed by atoms with Gasteiger partial charge in [-0.25, -0.2) is 13.8 Å². The molecule has 3 rings (SSSR count). The van der Waals surface area contributed by atoms with E-state index in [1.165, 1.54) is 22.9 Å². The van der Waals surface area contributed by atoms with Crippen molar-refractivity contribution in [3.05, 3.63) is 62.1 Å². The van der Waals surface area contributed by atoms with Crippen molar-refractivity contribution < 1.29 is 8.78 Å². The molecule has 0 aliphatic heterocycles. The minimum absolute atomic E-state index is 0.0374. The van der Waals surface area contributed by atoms with Crippen molar-refractivity contribution in [2.75, 3.05) is 5.73 Å². The van der Waals surface area contributed by atoms with Crippen LogP contribution in [0.3, 0.4) is 0 Å². The van der Waals surface area contributed by atoms with E-state index in [1.54, 1.807) is 0 Å². The predicted octanol–water partition coefficient (Wildman–Crippen LogP) is 4.12. The van der Waals surface area contributed by atoms with Crippen LogP contribution in [-0.2, 0) is 6.42 Å². The molecule has 0 amide bonds. The Hall–Kier alpha value is -2.18. The number of nitrogens with two attached hydrogens (primary N) is 1. The van der Waals surface area contributed by atoms with Crippen molar-refractivity contribution in [1.29, 1.82) is 0 Å². The maximum absolute atomic E-state index is 14.0. The highest BCUT2D eigenvalue weighted by Gasteiger charge is 2.19. The van der Waals surface area contributed by atoms with Gasteiger partial charge >= 0.3 is 0 Å². The van der Waals surface area contributed by atoms with Gasteiger partial charge in [-0.05, 0) is 18.6 Å². The third-order valence-electron chi connectivity index (χ3n) is 3.68. The fraction of sp³-hybridized carbons (Fsp3) is 0.125. The Kier molecular flexibility index (Phi) is 4.19. The van der Waals surface area contributed by atoms with Crippen LogP contribution in [-0.4, -0.2) is 9.55 Å².